The van der Waals surface area contributed by atoms with E-state index < -0.39 is 6.10 Å². The molecule has 0 aromatic carbocycles. The highest BCUT2D eigenvalue weighted by atomic mass is 16.5. The molecule has 4 nitrogen and oxygen atoms in total. The van der Waals surface area contributed by atoms with Gasteiger partial charge in [0.1, 0.15) is 6.10 Å². The lowest BCUT2D eigenvalue weighted by Gasteiger charge is -2.14. The van der Waals surface area contributed by atoms with E-state index in [0.717, 1.165) is 12.8 Å². The molecule has 0 fully saturated rings. The van der Waals surface area contributed by atoms with Gasteiger partial charge >= 0.3 is 0 Å². The third-order valence-electron chi connectivity index (χ3n) is 2.17. The van der Waals surface area contributed by atoms with Gasteiger partial charge in [0.2, 0.25) is 5.91 Å². The summed E-state index contributed by atoms with van der Waals surface area (Å²) < 4.78 is 5.34. The summed E-state index contributed by atoms with van der Waals surface area (Å²) >= 11 is 0. The van der Waals surface area contributed by atoms with Crippen molar-refractivity contribution >= 4 is 5.91 Å². The molecule has 0 radical (unpaired) electrons. The van der Waals surface area contributed by atoms with Crippen molar-refractivity contribution in [3.8, 4) is 0 Å². The number of hydrogen-bond donors (Lipinski definition) is 2. The molecule has 4 heteroatoms. The van der Waals surface area contributed by atoms with Crippen LogP contribution < -0.4 is 5.32 Å². The zero-order valence-electron chi connectivity index (χ0n) is 9.95. The van der Waals surface area contributed by atoms with Gasteiger partial charge in [-0.25, -0.2) is 0 Å². The van der Waals surface area contributed by atoms with Gasteiger partial charge in [-0.3, -0.25) is 4.79 Å². The minimum absolute atomic E-state index is 0.0886. The van der Waals surface area contributed by atoms with Gasteiger partial charge in [-0.1, -0.05) is 20.3 Å². The molecule has 2 N–H and O–H groups in total. The van der Waals surface area contributed by atoms with Crippen LogP contribution in [0.4, 0.5) is 0 Å². The summed E-state index contributed by atoms with van der Waals surface area (Å²) in [5.74, 6) is -0.0109. The number of hydrogen-bond acceptors (Lipinski definition) is 3. The van der Waals surface area contributed by atoms with Crippen molar-refractivity contribution in [1.82, 2.24) is 5.32 Å². The molecule has 1 amide bonds. The Bertz CT molecular complexity index is 173. The van der Waals surface area contributed by atoms with Gasteiger partial charge in [0.25, 0.3) is 0 Å². The Morgan fingerprint density at radius 1 is 1.47 bits per heavy atom. The Kier molecular flexibility index (Phi) is 8.33. The molecular formula is C11H23NO3. The first-order valence-electron chi connectivity index (χ1n) is 5.62. The van der Waals surface area contributed by atoms with E-state index in [-0.39, 0.29) is 18.4 Å². The molecule has 0 aliphatic carbocycles. The predicted molar refractivity (Wildman–Crippen MR) is 59.6 cm³/mol. The highest BCUT2D eigenvalue weighted by Crippen LogP contribution is 1.96. The van der Waals surface area contributed by atoms with Gasteiger partial charge in [-0.2, -0.15) is 0 Å². The fourth-order valence-electron chi connectivity index (χ4n) is 0.963. The number of ether oxygens (including phenoxy) is 1. The summed E-state index contributed by atoms with van der Waals surface area (Å²) in [6, 6.07) is 0. The molecule has 0 aromatic heterocycles. The normalized spacial score (nSPS) is 14.7. The van der Waals surface area contributed by atoms with Gasteiger partial charge < -0.3 is 15.2 Å². The number of aliphatic hydroxyl groups excluding tert-OH is 1. The number of carbonyl (C=O) groups excluding carboxylic acids is 1. The zero-order chi connectivity index (χ0) is 11.7. The van der Waals surface area contributed by atoms with Crippen LogP contribution in [-0.2, 0) is 9.53 Å². The Morgan fingerprint density at radius 2 is 2.13 bits per heavy atom. The van der Waals surface area contributed by atoms with Crippen molar-refractivity contribution in [2.45, 2.75) is 39.7 Å². The molecular weight excluding hydrogens is 194 g/mol. The summed E-state index contributed by atoms with van der Waals surface area (Å²) in [4.78, 5) is 11.4. The van der Waals surface area contributed by atoms with E-state index >= 15 is 0 Å². The van der Waals surface area contributed by atoms with Gasteiger partial charge in [0.05, 0.1) is 0 Å². The van der Waals surface area contributed by atoms with Crippen LogP contribution in [0.2, 0.25) is 0 Å². The van der Waals surface area contributed by atoms with Gasteiger partial charge in [-0.05, 0) is 19.3 Å². The molecule has 0 saturated heterocycles. The SMILES string of the molecule is CCCCOC(C)C(=O)NCC(C)CO. The molecule has 2 atom stereocenters. The van der Waals surface area contributed by atoms with E-state index in [2.05, 4.69) is 12.2 Å². The van der Waals surface area contributed by atoms with Crippen LogP contribution in [0.1, 0.15) is 33.6 Å². The smallest absolute Gasteiger partial charge is 0.248 e. The summed E-state index contributed by atoms with van der Waals surface area (Å²) in [7, 11) is 0. The largest absolute Gasteiger partial charge is 0.396 e. The molecule has 0 rings (SSSR count). The summed E-state index contributed by atoms with van der Waals surface area (Å²) in [5, 5.41) is 11.5. The van der Waals surface area contributed by atoms with Gasteiger partial charge in [0, 0.05) is 19.8 Å². The Balaban J connectivity index is 3.60. The van der Waals surface area contributed by atoms with E-state index in [9.17, 15) is 4.79 Å². The second-order valence-electron chi connectivity index (χ2n) is 3.90. The van der Waals surface area contributed by atoms with E-state index in [1.165, 1.54) is 0 Å². The minimum Gasteiger partial charge on any atom is -0.396 e. The van der Waals surface area contributed by atoms with Crippen molar-refractivity contribution in [1.29, 1.82) is 0 Å². The van der Waals surface area contributed by atoms with Crippen LogP contribution in [0.3, 0.4) is 0 Å². The Morgan fingerprint density at radius 3 is 2.67 bits per heavy atom. The van der Waals surface area contributed by atoms with Crippen LogP contribution in [0.15, 0.2) is 0 Å². The minimum atomic E-state index is -0.401. The molecule has 0 heterocycles. The molecule has 0 spiro atoms. The second kappa shape index (κ2) is 8.68. The quantitative estimate of drug-likeness (QED) is 0.595. The highest BCUT2D eigenvalue weighted by Gasteiger charge is 2.13. The van der Waals surface area contributed by atoms with Crippen LogP contribution in [0, 0.1) is 5.92 Å². The number of aliphatic hydroxyl groups is 1. The number of nitrogens with one attached hydrogen (secondary N) is 1. The fraction of sp³-hybridized carbons (Fsp3) is 0.909. The molecule has 0 saturated carbocycles. The molecule has 15 heavy (non-hydrogen) atoms. The average Bonchev–Trinajstić information content (AvgIpc) is 2.25. The highest BCUT2D eigenvalue weighted by molar-refractivity contribution is 5.80. The van der Waals surface area contributed by atoms with Crippen molar-refractivity contribution in [2.24, 2.45) is 5.92 Å². The van der Waals surface area contributed by atoms with E-state index in [1.54, 1.807) is 6.92 Å². The van der Waals surface area contributed by atoms with Crippen molar-refractivity contribution in [3.63, 3.8) is 0 Å². The van der Waals surface area contributed by atoms with E-state index in [4.69, 9.17) is 9.84 Å². The van der Waals surface area contributed by atoms with Gasteiger partial charge in [0.15, 0.2) is 0 Å². The lowest BCUT2D eigenvalue weighted by Crippen LogP contribution is -2.37. The lowest BCUT2D eigenvalue weighted by molar-refractivity contribution is -0.132. The second-order valence-corrected chi connectivity index (χ2v) is 3.90. The summed E-state index contributed by atoms with van der Waals surface area (Å²) in [6.45, 7) is 6.91. The number of unbranched alkanes of at least 4 members (excludes halogenated alkanes) is 1. The molecule has 0 aliphatic rings. The van der Waals surface area contributed by atoms with E-state index in [0.29, 0.717) is 13.2 Å². The number of amides is 1. The van der Waals surface area contributed by atoms with Crippen LogP contribution in [0.5, 0.6) is 0 Å². The Labute approximate surface area is 92.0 Å². The average molecular weight is 217 g/mol. The monoisotopic (exact) mass is 217 g/mol. The van der Waals surface area contributed by atoms with E-state index in [1.807, 2.05) is 6.92 Å². The first kappa shape index (κ1) is 14.4. The molecule has 0 aromatic rings. The van der Waals surface area contributed by atoms with Crippen molar-refractivity contribution in [2.75, 3.05) is 19.8 Å². The van der Waals surface area contributed by atoms with Crippen LogP contribution in [-0.4, -0.2) is 36.9 Å². The van der Waals surface area contributed by atoms with Crippen molar-refractivity contribution < 1.29 is 14.6 Å². The van der Waals surface area contributed by atoms with Crippen molar-refractivity contribution in [3.05, 3.63) is 0 Å². The molecule has 0 bridgehead atoms. The predicted octanol–water partition coefficient (Wildman–Crippen LogP) is 0.936. The third kappa shape index (κ3) is 7.33. The summed E-state index contributed by atoms with van der Waals surface area (Å²) in [6.07, 6.45) is 1.64. The number of rotatable bonds is 8. The molecule has 2 unspecified atom stereocenters. The molecule has 0 aliphatic heterocycles. The Hall–Kier alpha value is -0.610. The van der Waals surface area contributed by atoms with Crippen LogP contribution >= 0.6 is 0 Å². The first-order chi connectivity index (χ1) is 7.11. The zero-order valence-corrected chi connectivity index (χ0v) is 9.95. The van der Waals surface area contributed by atoms with Gasteiger partial charge in [-0.15, -0.1) is 0 Å². The number of carbonyl (C=O) groups is 1. The molecule has 90 valence electrons. The maximum Gasteiger partial charge on any atom is 0.248 e. The fourth-order valence-corrected chi connectivity index (χ4v) is 0.963. The maximum atomic E-state index is 11.4. The lowest BCUT2D eigenvalue weighted by atomic mass is 10.2. The first-order valence-corrected chi connectivity index (χ1v) is 5.62. The summed E-state index contributed by atoms with van der Waals surface area (Å²) in [5.41, 5.74) is 0. The van der Waals surface area contributed by atoms with Crippen LogP contribution in [0.25, 0.3) is 0 Å². The topological polar surface area (TPSA) is 58.6 Å². The third-order valence-corrected chi connectivity index (χ3v) is 2.17. The maximum absolute atomic E-state index is 11.4. The standard InChI is InChI=1S/C11H23NO3/c1-4-5-6-15-10(3)11(14)12-7-9(2)8-13/h9-10,13H,4-8H2,1-3H3,(H,12,14).